The molecule has 0 fully saturated rings. The molecule has 34 heavy (non-hydrogen) atoms. The van der Waals surface area contributed by atoms with E-state index in [4.69, 9.17) is 27.9 Å². The van der Waals surface area contributed by atoms with E-state index in [1.54, 1.807) is 35.4 Å². The first kappa shape index (κ1) is 23.9. The molecule has 178 valence electrons. The molecule has 0 aliphatic carbocycles. The van der Waals surface area contributed by atoms with Crippen molar-refractivity contribution in [1.82, 2.24) is 4.98 Å². The SMILES string of the molecule is O=C(Nc1ccc(OC(F)(F)F)c(Cl)c1)c1cccc2c1OC[C@H](CO)N2c1ncccc1Cl. The molecule has 0 spiro atoms. The molecule has 0 radical (unpaired) electrons. The Labute approximate surface area is 201 Å². The number of para-hydroxylation sites is 1. The van der Waals surface area contributed by atoms with Crippen LogP contribution in [0.25, 0.3) is 0 Å². The summed E-state index contributed by atoms with van der Waals surface area (Å²) in [7, 11) is 0. The van der Waals surface area contributed by atoms with Crippen molar-refractivity contribution in [2.45, 2.75) is 12.4 Å². The van der Waals surface area contributed by atoms with Gasteiger partial charge in [0.05, 0.1) is 33.9 Å². The Morgan fingerprint density at radius 2 is 2.00 bits per heavy atom. The molecule has 2 N–H and O–H groups in total. The van der Waals surface area contributed by atoms with Crippen LogP contribution >= 0.6 is 23.2 Å². The number of carbonyl (C=O) groups excluding carboxylic acids is 1. The molecule has 1 amide bonds. The van der Waals surface area contributed by atoms with Gasteiger partial charge >= 0.3 is 6.36 Å². The first-order chi connectivity index (χ1) is 16.2. The molecular formula is C22H16Cl2F3N3O4. The molecular weight excluding hydrogens is 498 g/mol. The number of aliphatic hydroxyl groups is 1. The number of ether oxygens (including phenoxy) is 2. The Hall–Kier alpha value is -3.21. The van der Waals surface area contributed by atoms with Gasteiger partial charge in [0, 0.05) is 11.9 Å². The monoisotopic (exact) mass is 513 g/mol. The molecule has 2 heterocycles. The first-order valence-corrected chi connectivity index (χ1v) is 10.6. The maximum atomic E-state index is 13.0. The van der Waals surface area contributed by atoms with Gasteiger partial charge in [0.15, 0.2) is 11.6 Å². The number of amides is 1. The lowest BCUT2D eigenvalue weighted by Crippen LogP contribution is -2.43. The number of fused-ring (bicyclic) bond motifs is 1. The van der Waals surface area contributed by atoms with Crippen LogP contribution in [-0.4, -0.2) is 41.6 Å². The van der Waals surface area contributed by atoms with Crippen LogP contribution in [0.15, 0.2) is 54.7 Å². The summed E-state index contributed by atoms with van der Waals surface area (Å²) >= 11 is 12.2. The van der Waals surface area contributed by atoms with Crippen molar-refractivity contribution in [1.29, 1.82) is 0 Å². The molecule has 4 rings (SSSR count). The molecule has 1 atom stereocenters. The second-order valence-corrected chi connectivity index (χ2v) is 7.94. The molecule has 1 aromatic heterocycles. The van der Waals surface area contributed by atoms with Crippen LogP contribution in [0.2, 0.25) is 10.0 Å². The molecule has 2 aromatic carbocycles. The summed E-state index contributed by atoms with van der Waals surface area (Å²) < 4.78 is 47.0. The maximum absolute atomic E-state index is 13.0. The Kier molecular flexibility index (Phi) is 6.74. The topological polar surface area (TPSA) is 83.9 Å². The van der Waals surface area contributed by atoms with E-state index in [9.17, 15) is 23.1 Å². The zero-order valence-electron chi connectivity index (χ0n) is 17.1. The molecule has 7 nitrogen and oxygen atoms in total. The average molecular weight is 514 g/mol. The molecule has 0 bridgehead atoms. The van der Waals surface area contributed by atoms with E-state index in [0.717, 1.165) is 12.1 Å². The maximum Gasteiger partial charge on any atom is 0.573 e. The summed E-state index contributed by atoms with van der Waals surface area (Å²) in [5.74, 6) is -0.565. The molecule has 1 aliphatic rings. The lowest BCUT2D eigenvalue weighted by atomic mass is 10.1. The van der Waals surface area contributed by atoms with Crippen molar-refractivity contribution in [3.63, 3.8) is 0 Å². The van der Waals surface area contributed by atoms with Crippen molar-refractivity contribution < 1.29 is 32.5 Å². The number of aromatic nitrogens is 1. The summed E-state index contributed by atoms with van der Waals surface area (Å²) in [6.07, 6.45) is -3.35. The van der Waals surface area contributed by atoms with Crippen molar-refractivity contribution >= 4 is 46.3 Å². The van der Waals surface area contributed by atoms with Gasteiger partial charge in [-0.25, -0.2) is 4.98 Å². The Morgan fingerprint density at radius 3 is 2.68 bits per heavy atom. The number of benzene rings is 2. The lowest BCUT2D eigenvalue weighted by molar-refractivity contribution is -0.274. The van der Waals surface area contributed by atoms with Crippen LogP contribution in [0.4, 0.5) is 30.4 Å². The zero-order valence-corrected chi connectivity index (χ0v) is 18.7. The predicted octanol–water partition coefficient (Wildman–Crippen LogP) is 5.43. The fourth-order valence-corrected chi connectivity index (χ4v) is 3.89. The van der Waals surface area contributed by atoms with E-state index in [1.165, 1.54) is 12.1 Å². The lowest BCUT2D eigenvalue weighted by Gasteiger charge is -2.37. The summed E-state index contributed by atoms with van der Waals surface area (Å²) in [5.41, 5.74) is 0.763. The minimum atomic E-state index is -4.90. The number of hydrogen-bond donors (Lipinski definition) is 2. The third-order valence-electron chi connectivity index (χ3n) is 4.88. The van der Waals surface area contributed by atoms with E-state index in [2.05, 4.69) is 15.0 Å². The second-order valence-electron chi connectivity index (χ2n) is 7.13. The van der Waals surface area contributed by atoms with E-state index < -0.39 is 24.1 Å². The second kappa shape index (κ2) is 9.57. The largest absolute Gasteiger partial charge is 0.573 e. The van der Waals surface area contributed by atoms with Crippen molar-refractivity contribution in [3.05, 3.63) is 70.3 Å². The predicted molar refractivity (Wildman–Crippen MR) is 120 cm³/mol. The van der Waals surface area contributed by atoms with E-state index in [0.29, 0.717) is 16.5 Å². The van der Waals surface area contributed by atoms with Gasteiger partial charge in [-0.05, 0) is 42.5 Å². The van der Waals surface area contributed by atoms with Gasteiger partial charge < -0.3 is 24.8 Å². The number of halogens is 5. The van der Waals surface area contributed by atoms with Crippen molar-refractivity contribution in [2.24, 2.45) is 0 Å². The van der Waals surface area contributed by atoms with E-state index in [1.807, 2.05) is 0 Å². The molecule has 0 saturated heterocycles. The highest BCUT2D eigenvalue weighted by atomic mass is 35.5. The van der Waals surface area contributed by atoms with Gasteiger partial charge in [0.2, 0.25) is 0 Å². The normalized spacial score (nSPS) is 15.4. The fraction of sp³-hybridized carbons (Fsp3) is 0.182. The highest BCUT2D eigenvalue weighted by Crippen LogP contribution is 2.43. The van der Waals surface area contributed by atoms with Crippen molar-refractivity contribution in [3.8, 4) is 11.5 Å². The fourth-order valence-electron chi connectivity index (χ4n) is 3.46. The van der Waals surface area contributed by atoms with E-state index in [-0.39, 0.29) is 35.2 Å². The van der Waals surface area contributed by atoms with Crippen LogP contribution in [-0.2, 0) is 0 Å². The Morgan fingerprint density at radius 1 is 1.21 bits per heavy atom. The first-order valence-electron chi connectivity index (χ1n) is 9.81. The van der Waals surface area contributed by atoms with Gasteiger partial charge in [0.1, 0.15) is 12.4 Å². The standard InChI is InChI=1S/C22H16Cl2F3N3O4/c23-15-4-2-8-28-20(15)30-13(10-31)11-33-19-14(3-1-5-17(19)30)21(32)29-12-6-7-18(16(24)9-12)34-22(25,26)27/h1-9,13,31H,10-11H2,(H,29,32)/t13-/m0/s1. The third-order valence-corrected chi connectivity index (χ3v) is 5.47. The van der Waals surface area contributed by atoms with Gasteiger partial charge in [-0.2, -0.15) is 0 Å². The number of rotatable bonds is 5. The minimum absolute atomic E-state index is 0.0516. The quantitative estimate of drug-likeness (QED) is 0.473. The van der Waals surface area contributed by atoms with Gasteiger partial charge in [-0.1, -0.05) is 29.3 Å². The van der Waals surface area contributed by atoms with Crippen LogP contribution < -0.4 is 19.7 Å². The highest BCUT2D eigenvalue weighted by molar-refractivity contribution is 6.33. The Balaban J connectivity index is 1.65. The van der Waals surface area contributed by atoms with Crippen LogP contribution in [0.5, 0.6) is 11.5 Å². The number of aliphatic hydroxyl groups excluding tert-OH is 1. The number of pyridine rings is 1. The average Bonchev–Trinajstić information content (AvgIpc) is 2.79. The van der Waals surface area contributed by atoms with Crippen LogP contribution in [0, 0.1) is 0 Å². The number of nitrogens with one attached hydrogen (secondary N) is 1. The number of nitrogens with zero attached hydrogens (tertiary/aromatic N) is 2. The summed E-state index contributed by atoms with van der Waals surface area (Å²) in [6.45, 7) is -0.205. The third kappa shape index (κ3) is 4.98. The highest BCUT2D eigenvalue weighted by Gasteiger charge is 2.34. The van der Waals surface area contributed by atoms with Crippen molar-refractivity contribution in [2.75, 3.05) is 23.4 Å². The minimum Gasteiger partial charge on any atom is -0.488 e. The summed E-state index contributed by atoms with van der Waals surface area (Å²) in [4.78, 5) is 19.0. The molecule has 1 aliphatic heterocycles. The number of hydrogen-bond acceptors (Lipinski definition) is 6. The molecule has 3 aromatic rings. The van der Waals surface area contributed by atoms with Crippen LogP contribution in [0.3, 0.4) is 0 Å². The molecule has 12 heteroatoms. The number of anilines is 3. The van der Waals surface area contributed by atoms with Gasteiger partial charge in [0.25, 0.3) is 5.91 Å². The number of carbonyl (C=O) groups is 1. The molecule has 0 unspecified atom stereocenters. The van der Waals surface area contributed by atoms with Crippen LogP contribution in [0.1, 0.15) is 10.4 Å². The number of alkyl halides is 3. The molecule has 0 saturated carbocycles. The van der Waals surface area contributed by atoms with Gasteiger partial charge in [-0.3, -0.25) is 4.79 Å². The van der Waals surface area contributed by atoms with Gasteiger partial charge in [-0.15, -0.1) is 13.2 Å². The van der Waals surface area contributed by atoms with E-state index >= 15 is 0 Å². The Bertz CT molecular complexity index is 1230. The zero-order chi connectivity index (χ0) is 24.5. The summed E-state index contributed by atoms with van der Waals surface area (Å²) in [6, 6.07) is 11.0. The summed E-state index contributed by atoms with van der Waals surface area (Å²) in [5, 5.41) is 12.5. The smallest absolute Gasteiger partial charge is 0.488 e.